The Labute approximate surface area is 138 Å². The molecule has 0 amide bonds. The van der Waals surface area contributed by atoms with Crippen LogP contribution in [0.4, 0.5) is 5.69 Å². The molecule has 1 aromatic carbocycles. The number of nitro groups is 1. The van der Waals surface area contributed by atoms with Crippen molar-refractivity contribution in [3.63, 3.8) is 0 Å². The van der Waals surface area contributed by atoms with E-state index >= 15 is 0 Å². The molecule has 1 heterocycles. The normalized spacial score (nSPS) is 10.5. The van der Waals surface area contributed by atoms with E-state index in [4.69, 9.17) is 4.74 Å². The molecule has 0 spiro atoms. The van der Waals surface area contributed by atoms with Gasteiger partial charge in [-0.05, 0) is 53.9 Å². The van der Waals surface area contributed by atoms with Gasteiger partial charge in [-0.15, -0.1) is 11.3 Å². The van der Waals surface area contributed by atoms with E-state index in [0.717, 1.165) is 9.35 Å². The summed E-state index contributed by atoms with van der Waals surface area (Å²) < 4.78 is 7.78. The molecule has 0 fully saturated rings. The van der Waals surface area contributed by atoms with Gasteiger partial charge in [-0.2, -0.15) is 0 Å². The van der Waals surface area contributed by atoms with Gasteiger partial charge < -0.3 is 4.74 Å². The zero-order valence-electron chi connectivity index (χ0n) is 9.23. The van der Waals surface area contributed by atoms with Gasteiger partial charge >= 0.3 is 0 Å². The van der Waals surface area contributed by atoms with Gasteiger partial charge in [-0.3, -0.25) is 10.1 Å². The Morgan fingerprint density at radius 1 is 1.21 bits per heavy atom. The largest absolute Gasteiger partial charge is 0.486 e. The summed E-state index contributed by atoms with van der Waals surface area (Å²) in [6, 6.07) is 4.81. The summed E-state index contributed by atoms with van der Waals surface area (Å²) >= 11 is 11.5. The zero-order valence-corrected chi connectivity index (χ0v) is 14.8. The molecule has 0 saturated heterocycles. The maximum Gasteiger partial charge on any atom is 0.271 e. The standard InChI is InChI=1S/C11H6Br3NO3S/c12-6-1-8(19-5-6)4-18-11-9(13)2-7(15(16)17)3-10(11)14/h1-3,5H,4H2. The highest BCUT2D eigenvalue weighted by Gasteiger charge is 2.15. The average Bonchev–Trinajstić information content (AvgIpc) is 2.73. The van der Waals surface area contributed by atoms with Gasteiger partial charge in [0, 0.05) is 26.9 Å². The second kappa shape index (κ2) is 6.34. The topological polar surface area (TPSA) is 52.4 Å². The SMILES string of the molecule is O=[N+]([O-])c1cc(Br)c(OCc2cc(Br)cs2)c(Br)c1. The Morgan fingerprint density at radius 3 is 2.32 bits per heavy atom. The molecule has 0 saturated carbocycles. The second-order valence-corrected chi connectivity index (χ2v) is 7.14. The number of thiophene rings is 1. The number of hydrogen-bond donors (Lipinski definition) is 0. The Kier molecular flexibility index (Phi) is 4.99. The number of benzene rings is 1. The molecular formula is C11H6Br3NO3S. The summed E-state index contributed by atoms with van der Waals surface area (Å²) in [7, 11) is 0. The summed E-state index contributed by atoms with van der Waals surface area (Å²) in [5, 5.41) is 12.7. The van der Waals surface area contributed by atoms with Crippen LogP contribution < -0.4 is 4.74 Å². The molecule has 100 valence electrons. The first-order chi connectivity index (χ1) is 8.97. The van der Waals surface area contributed by atoms with Gasteiger partial charge in [0.15, 0.2) is 0 Å². The molecule has 0 N–H and O–H groups in total. The molecule has 0 atom stereocenters. The Bertz CT molecular complexity index is 606. The molecule has 19 heavy (non-hydrogen) atoms. The number of halogens is 3. The van der Waals surface area contributed by atoms with Crippen molar-refractivity contribution in [3.05, 3.63) is 52.0 Å². The lowest BCUT2D eigenvalue weighted by Gasteiger charge is -2.09. The fourth-order valence-electron chi connectivity index (χ4n) is 1.36. The van der Waals surface area contributed by atoms with Crippen LogP contribution in [0.2, 0.25) is 0 Å². The van der Waals surface area contributed by atoms with Crippen molar-refractivity contribution in [2.75, 3.05) is 0 Å². The van der Waals surface area contributed by atoms with Crippen LogP contribution in [-0.4, -0.2) is 4.92 Å². The van der Waals surface area contributed by atoms with Gasteiger partial charge in [-0.1, -0.05) is 0 Å². The molecule has 1 aromatic heterocycles. The van der Waals surface area contributed by atoms with Crippen LogP contribution in [-0.2, 0) is 6.61 Å². The quantitative estimate of drug-likeness (QED) is 0.435. The molecule has 0 aliphatic heterocycles. The van der Waals surface area contributed by atoms with Crippen LogP contribution in [0.5, 0.6) is 5.75 Å². The van der Waals surface area contributed by atoms with Gasteiger partial charge in [0.2, 0.25) is 0 Å². The number of nitrogens with zero attached hydrogens (tertiary/aromatic N) is 1. The predicted molar refractivity (Wildman–Crippen MR) is 84.8 cm³/mol. The van der Waals surface area contributed by atoms with E-state index in [2.05, 4.69) is 47.8 Å². The van der Waals surface area contributed by atoms with Crippen molar-refractivity contribution in [3.8, 4) is 5.75 Å². The minimum absolute atomic E-state index is 0.00460. The first kappa shape index (κ1) is 15.0. The van der Waals surface area contributed by atoms with Crippen LogP contribution in [0.3, 0.4) is 0 Å². The number of ether oxygens (including phenoxy) is 1. The summed E-state index contributed by atoms with van der Waals surface area (Å²) in [6.45, 7) is 0.408. The first-order valence-electron chi connectivity index (χ1n) is 4.96. The highest BCUT2D eigenvalue weighted by Crippen LogP contribution is 2.37. The van der Waals surface area contributed by atoms with Crippen molar-refractivity contribution in [2.24, 2.45) is 0 Å². The number of nitro benzene ring substituents is 1. The summed E-state index contributed by atoms with van der Waals surface area (Å²) in [4.78, 5) is 11.3. The third-order valence-electron chi connectivity index (χ3n) is 2.17. The maximum atomic E-state index is 10.7. The Balaban J connectivity index is 2.18. The van der Waals surface area contributed by atoms with Crippen LogP contribution in [0, 0.1) is 10.1 Å². The lowest BCUT2D eigenvalue weighted by atomic mass is 10.3. The molecule has 2 aromatic rings. The minimum atomic E-state index is -0.449. The molecule has 8 heteroatoms. The van der Waals surface area contributed by atoms with E-state index in [0.29, 0.717) is 21.3 Å². The third-order valence-corrected chi connectivity index (χ3v) is 5.02. The van der Waals surface area contributed by atoms with E-state index in [9.17, 15) is 10.1 Å². The number of hydrogen-bond acceptors (Lipinski definition) is 4. The van der Waals surface area contributed by atoms with E-state index in [1.54, 1.807) is 11.3 Å². The Hall–Kier alpha value is -0.440. The van der Waals surface area contributed by atoms with Crippen molar-refractivity contribution in [1.29, 1.82) is 0 Å². The fraction of sp³-hybridized carbons (Fsp3) is 0.0909. The Morgan fingerprint density at radius 2 is 1.84 bits per heavy atom. The molecule has 0 radical (unpaired) electrons. The van der Waals surface area contributed by atoms with E-state index < -0.39 is 4.92 Å². The average molecular weight is 472 g/mol. The van der Waals surface area contributed by atoms with Crippen molar-refractivity contribution in [2.45, 2.75) is 6.61 Å². The van der Waals surface area contributed by atoms with Gasteiger partial charge in [-0.25, -0.2) is 0 Å². The van der Waals surface area contributed by atoms with E-state index in [1.807, 2.05) is 11.4 Å². The van der Waals surface area contributed by atoms with Gasteiger partial charge in [0.05, 0.1) is 13.9 Å². The van der Waals surface area contributed by atoms with Gasteiger partial charge in [0.25, 0.3) is 5.69 Å². The molecule has 0 bridgehead atoms. The highest BCUT2D eigenvalue weighted by atomic mass is 79.9. The molecular weight excluding hydrogens is 466 g/mol. The van der Waals surface area contributed by atoms with Crippen LogP contribution >= 0.6 is 59.1 Å². The van der Waals surface area contributed by atoms with Crippen molar-refractivity contribution in [1.82, 2.24) is 0 Å². The molecule has 0 unspecified atom stereocenters. The van der Waals surface area contributed by atoms with Crippen molar-refractivity contribution < 1.29 is 9.66 Å². The minimum Gasteiger partial charge on any atom is -0.486 e. The number of non-ortho nitro benzene ring substituents is 1. The first-order valence-corrected chi connectivity index (χ1v) is 8.22. The summed E-state index contributed by atoms with van der Waals surface area (Å²) in [6.07, 6.45) is 0. The molecule has 0 aliphatic carbocycles. The second-order valence-electron chi connectivity index (χ2n) is 3.52. The van der Waals surface area contributed by atoms with Crippen LogP contribution in [0.1, 0.15) is 4.88 Å². The molecule has 4 nitrogen and oxygen atoms in total. The van der Waals surface area contributed by atoms with Crippen molar-refractivity contribution >= 4 is 64.8 Å². The summed E-state index contributed by atoms with van der Waals surface area (Å²) in [5.41, 5.74) is 0.00460. The smallest absolute Gasteiger partial charge is 0.271 e. The predicted octanol–water partition coefficient (Wildman–Crippen LogP) is 5.52. The fourth-order valence-corrected chi connectivity index (χ4v) is 4.12. The highest BCUT2D eigenvalue weighted by molar-refractivity contribution is 9.11. The lowest BCUT2D eigenvalue weighted by Crippen LogP contribution is -1.96. The molecule has 2 rings (SSSR count). The zero-order chi connectivity index (χ0) is 14.0. The third kappa shape index (κ3) is 3.77. The summed E-state index contributed by atoms with van der Waals surface area (Å²) in [5.74, 6) is 0.551. The monoisotopic (exact) mass is 469 g/mol. The lowest BCUT2D eigenvalue weighted by molar-refractivity contribution is -0.385. The number of rotatable bonds is 4. The van der Waals surface area contributed by atoms with E-state index in [1.165, 1.54) is 12.1 Å². The van der Waals surface area contributed by atoms with E-state index in [-0.39, 0.29) is 5.69 Å². The van der Waals surface area contributed by atoms with Gasteiger partial charge in [0.1, 0.15) is 12.4 Å². The maximum absolute atomic E-state index is 10.7. The van der Waals surface area contributed by atoms with Crippen LogP contribution in [0.15, 0.2) is 37.0 Å². The van der Waals surface area contributed by atoms with Crippen LogP contribution in [0.25, 0.3) is 0 Å². The molecule has 0 aliphatic rings.